The van der Waals surface area contributed by atoms with Gasteiger partial charge in [-0.2, -0.15) is 0 Å². The zero-order chi connectivity index (χ0) is 17.5. The van der Waals surface area contributed by atoms with E-state index in [9.17, 15) is 0 Å². The molecule has 0 atom stereocenters. The summed E-state index contributed by atoms with van der Waals surface area (Å²) in [5.41, 5.74) is 7.56. The number of methoxy groups -OCH3 is 1. The van der Waals surface area contributed by atoms with Gasteiger partial charge in [-0.1, -0.05) is 17.7 Å². The van der Waals surface area contributed by atoms with Gasteiger partial charge >= 0.3 is 0 Å². The van der Waals surface area contributed by atoms with Gasteiger partial charge in [0.05, 0.1) is 24.8 Å². The first-order chi connectivity index (χ1) is 11.5. The summed E-state index contributed by atoms with van der Waals surface area (Å²) in [6.45, 7) is 4.33. The Kier molecular flexibility index (Phi) is 8.77. The van der Waals surface area contributed by atoms with Crippen LogP contribution in [0.1, 0.15) is 19.4 Å². The lowest BCUT2D eigenvalue weighted by Gasteiger charge is -2.09. The number of anilines is 1. The minimum Gasteiger partial charge on any atom is -0.495 e. The van der Waals surface area contributed by atoms with Gasteiger partial charge in [0.1, 0.15) is 5.75 Å². The quantitative estimate of drug-likeness (QED) is 0.373. The van der Waals surface area contributed by atoms with Crippen molar-refractivity contribution in [2.45, 2.75) is 26.5 Å². The monoisotopic (exact) mass is 476 g/mol. The van der Waals surface area contributed by atoms with Crippen LogP contribution in [-0.2, 0) is 6.54 Å². The largest absolute Gasteiger partial charge is 0.495 e. The Labute approximate surface area is 169 Å². The smallest absolute Gasteiger partial charge is 0.213 e. The highest BCUT2D eigenvalue weighted by Gasteiger charge is 2.03. The average molecular weight is 477 g/mol. The lowest BCUT2D eigenvalue weighted by molar-refractivity contribution is 0.232. The number of guanidine groups is 1. The summed E-state index contributed by atoms with van der Waals surface area (Å²) in [6.07, 6.45) is 1.82. The maximum Gasteiger partial charge on any atom is 0.213 e. The van der Waals surface area contributed by atoms with Crippen molar-refractivity contribution >= 4 is 47.2 Å². The standard InChI is InChI=1S/C17H21ClN4O2.HI/c1-11(2)24-16-7-4-12(9-20-16)10-21-17(19)22-13-5-6-15(23-3)14(18)8-13;/h4-9,11H,10H2,1-3H3,(H3,19,21,22);1H. The number of nitrogens with two attached hydrogens (primary N) is 1. The van der Waals surface area contributed by atoms with Crippen molar-refractivity contribution in [3.8, 4) is 11.6 Å². The predicted molar refractivity (Wildman–Crippen MR) is 112 cm³/mol. The van der Waals surface area contributed by atoms with E-state index in [0.29, 0.717) is 29.2 Å². The van der Waals surface area contributed by atoms with Gasteiger partial charge in [0, 0.05) is 18.0 Å². The molecule has 2 aromatic rings. The molecular weight excluding hydrogens is 455 g/mol. The third-order valence-corrected chi connectivity index (χ3v) is 3.31. The van der Waals surface area contributed by atoms with Crippen LogP contribution in [0.3, 0.4) is 0 Å². The Morgan fingerprint density at radius 1 is 1.32 bits per heavy atom. The lowest BCUT2D eigenvalue weighted by Crippen LogP contribution is -2.22. The highest BCUT2D eigenvalue weighted by molar-refractivity contribution is 14.0. The van der Waals surface area contributed by atoms with Gasteiger partial charge < -0.3 is 20.5 Å². The Balaban J connectivity index is 0.00000312. The topological polar surface area (TPSA) is 81.8 Å². The van der Waals surface area contributed by atoms with E-state index in [1.165, 1.54) is 0 Å². The number of aromatic nitrogens is 1. The number of rotatable bonds is 6. The van der Waals surface area contributed by atoms with Crippen LogP contribution >= 0.6 is 35.6 Å². The summed E-state index contributed by atoms with van der Waals surface area (Å²) >= 11 is 6.07. The number of nitrogens with one attached hydrogen (secondary N) is 1. The molecule has 1 heterocycles. The van der Waals surface area contributed by atoms with E-state index in [-0.39, 0.29) is 30.1 Å². The predicted octanol–water partition coefficient (Wildman–Crippen LogP) is 4.08. The fourth-order valence-electron chi connectivity index (χ4n) is 1.92. The first-order valence-corrected chi connectivity index (χ1v) is 7.88. The molecule has 0 aliphatic heterocycles. The maximum atomic E-state index is 6.07. The molecule has 0 aliphatic rings. The van der Waals surface area contributed by atoms with Crippen molar-refractivity contribution in [2.75, 3.05) is 12.4 Å². The molecule has 136 valence electrons. The van der Waals surface area contributed by atoms with Crippen LogP contribution in [0.5, 0.6) is 11.6 Å². The average Bonchev–Trinajstić information content (AvgIpc) is 2.54. The fourth-order valence-corrected chi connectivity index (χ4v) is 2.18. The highest BCUT2D eigenvalue weighted by atomic mass is 127. The van der Waals surface area contributed by atoms with Gasteiger partial charge in [-0.15, -0.1) is 24.0 Å². The Hall–Kier alpha value is -1.74. The Bertz CT molecular complexity index is 708. The van der Waals surface area contributed by atoms with E-state index in [2.05, 4.69) is 15.3 Å². The molecule has 3 N–H and O–H groups in total. The summed E-state index contributed by atoms with van der Waals surface area (Å²) in [4.78, 5) is 8.51. The van der Waals surface area contributed by atoms with Gasteiger partial charge in [-0.25, -0.2) is 9.98 Å². The number of pyridine rings is 1. The number of aliphatic imine (C=N–C) groups is 1. The number of ether oxygens (including phenoxy) is 2. The second-order valence-electron chi connectivity index (χ2n) is 5.35. The van der Waals surface area contributed by atoms with Gasteiger partial charge in [0.25, 0.3) is 0 Å². The first kappa shape index (κ1) is 21.3. The first-order valence-electron chi connectivity index (χ1n) is 7.50. The van der Waals surface area contributed by atoms with Crippen molar-refractivity contribution in [2.24, 2.45) is 10.7 Å². The van der Waals surface area contributed by atoms with Crippen LogP contribution in [-0.4, -0.2) is 24.2 Å². The normalized spacial score (nSPS) is 11.0. The molecular formula is C17H22ClIN4O2. The molecule has 0 spiro atoms. The molecule has 6 nitrogen and oxygen atoms in total. The maximum absolute atomic E-state index is 6.07. The minimum atomic E-state index is 0. The van der Waals surface area contributed by atoms with Gasteiger partial charge in [-0.3, -0.25) is 0 Å². The van der Waals surface area contributed by atoms with E-state index in [0.717, 1.165) is 11.3 Å². The molecule has 1 aromatic heterocycles. The third-order valence-electron chi connectivity index (χ3n) is 3.01. The van der Waals surface area contributed by atoms with Crippen molar-refractivity contribution in [1.29, 1.82) is 0 Å². The molecule has 25 heavy (non-hydrogen) atoms. The van der Waals surface area contributed by atoms with Crippen molar-refractivity contribution < 1.29 is 9.47 Å². The zero-order valence-electron chi connectivity index (χ0n) is 14.3. The van der Waals surface area contributed by atoms with E-state index >= 15 is 0 Å². The third kappa shape index (κ3) is 6.95. The second-order valence-corrected chi connectivity index (χ2v) is 5.75. The summed E-state index contributed by atoms with van der Waals surface area (Å²) in [7, 11) is 1.57. The van der Waals surface area contributed by atoms with Crippen LogP contribution < -0.4 is 20.5 Å². The van der Waals surface area contributed by atoms with E-state index in [4.69, 9.17) is 26.8 Å². The van der Waals surface area contributed by atoms with Crippen molar-refractivity contribution in [1.82, 2.24) is 4.98 Å². The number of halogens is 2. The van der Waals surface area contributed by atoms with Gasteiger partial charge in [-0.05, 0) is 37.6 Å². The molecule has 2 rings (SSSR count). The SMILES string of the molecule is COc1ccc(NC(N)=NCc2ccc(OC(C)C)nc2)cc1Cl.I. The Morgan fingerprint density at radius 3 is 2.64 bits per heavy atom. The Morgan fingerprint density at radius 2 is 2.08 bits per heavy atom. The molecule has 0 fully saturated rings. The highest BCUT2D eigenvalue weighted by Crippen LogP contribution is 2.27. The van der Waals surface area contributed by atoms with Gasteiger partial charge in [0.2, 0.25) is 5.88 Å². The molecule has 0 radical (unpaired) electrons. The van der Waals surface area contributed by atoms with Crippen molar-refractivity contribution in [3.05, 3.63) is 47.1 Å². The summed E-state index contributed by atoms with van der Waals surface area (Å²) in [5.74, 6) is 1.49. The van der Waals surface area contributed by atoms with E-state index < -0.39 is 0 Å². The number of hydrogen-bond acceptors (Lipinski definition) is 4. The number of benzene rings is 1. The molecule has 8 heteroatoms. The summed E-state index contributed by atoms with van der Waals surface area (Å²) in [6, 6.07) is 9.02. The van der Waals surface area contributed by atoms with Crippen LogP contribution in [0, 0.1) is 0 Å². The van der Waals surface area contributed by atoms with E-state index in [1.807, 2.05) is 32.0 Å². The van der Waals surface area contributed by atoms with Crippen LogP contribution in [0.15, 0.2) is 41.5 Å². The van der Waals surface area contributed by atoms with E-state index in [1.54, 1.807) is 25.4 Å². The summed E-state index contributed by atoms with van der Waals surface area (Å²) in [5, 5.41) is 3.48. The number of nitrogens with zero attached hydrogens (tertiary/aromatic N) is 2. The van der Waals surface area contributed by atoms with Gasteiger partial charge in [0.15, 0.2) is 5.96 Å². The molecule has 0 amide bonds. The lowest BCUT2D eigenvalue weighted by atomic mass is 10.3. The molecule has 0 aliphatic carbocycles. The molecule has 0 saturated carbocycles. The fraction of sp³-hybridized carbons (Fsp3) is 0.294. The molecule has 0 saturated heterocycles. The molecule has 0 unspecified atom stereocenters. The van der Waals surface area contributed by atoms with Crippen LogP contribution in [0.4, 0.5) is 5.69 Å². The summed E-state index contributed by atoms with van der Waals surface area (Å²) < 4.78 is 10.6. The zero-order valence-corrected chi connectivity index (χ0v) is 17.4. The molecule has 1 aromatic carbocycles. The minimum absolute atomic E-state index is 0. The van der Waals surface area contributed by atoms with Crippen molar-refractivity contribution in [3.63, 3.8) is 0 Å². The van der Waals surface area contributed by atoms with Crippen LogP contribution in [0.2, 0.25) is 5.02 Å². The molecule has 0 bridgehead atoms. The second kappa shape index (κ2) is 10.3. The van der Waals surface area contributed by atoms with Crippen LogP contribution in [0.25, 0.3) is 0 Å². The number of hydrogen-bond donors (Lipinski definition) is 2.